The molecular weight excluding hydrogens is 554 g/mol. The molecule has 4 atom stereocenters. The number of carbonyl (C=O) groups is 2. The van der Waals surface area contributed by atoms with Crippen molar-refractivity contribution in [3.8, 4) is 0 Å². The Balaban J connectivity index is 1.18. The molecule has 3 heterocycles. The van der Waals surface area contributed by atoms with Crippen molar-refractivity contribution in [1.29, 1.82) is 0 Å². The lowest BCUT2D eigenvalue weighted by Crippen LogP contribution is -2.43. The lowest BCUT2D eigenvalue weighted by atomic mass is 9.90. The first-order chi connectivity index (χ1) is 21.4. The van der Waals surface area contributed by atoms with E-state index in [-0.39, 0.29) is 43.1 Å². The van der Waals surface area contributed by atoms with Crippen LogP contribution in [0.2, 0.25) is 0 Å². The number of aliphatic hydroxyl groups is 1. The first-order valence-electron chi connectivity index (χ1n) is 15.0. The fourth-order valence-corrected chi connectivity index (χ4v) is 5.92. The summed E-state index contributed by atoms with van der Waals surface area (Å²) >= 11 is 0. The van der Waals surface area contributed by atoms with E-state index in [9.17, 15) is 14.7 Å². The first kappa shape index (κ1) is 29.8. The Labute approximate surface area is 257 Å². The molecule has 0 saturated carbocycles. The Kier molecular flexibility index (Phi) is 8.95. The highest BCUT2D eigenvalue weighted by atomic mass is 16.7. The summed E-state index contributed by atoms with van der Waals surface area (Å²) in [6.07, 6.45) is 1.74. The Hall–Kier alpha value is -4.21. The quantitative estimate of drug-likeness (QED) is 0.249. The fourth-order valence-electron chi connectivity index (χ4n) is 5.92. The van der Waals surface area contributed by atoms with E-state index in [1.165, 1.54) is 4.90 Å². The molecule has 0 aliphatic carbocycles. The van der Waals surface area contributed by atoms with E-state index in [0.717, 1.165) is 47.5 Å². The Morgan fingerprint density at radius 2 is 1.45 bits per heavy atom. The van der Waals surface area contributed by atoms with Crippen LogP contribution in [0.4, 0.5) is 0 Å². The van der Waals surface area contributed by atoms with E-state index in [1.54, 1.807) is 24.3 Å². The zero-order chi connectivity index (χ0) is 30.6. The largest absolute Gasteiger partial charge is 0.392 e. The normalized spacial score (nSPS) is 21.6. The minimum Gasteiger partial charge on any atom is -0.392 e. The zero-order valence-corrected chi connectivity index (χ0v) is 25.0. The zero-order valence-electron chi connectivity index (χ0n) is 25.0. The second kappa shape index (κ2) is 13.2. The molecule has 44 heavy (non-hydrogen) atoms. The van der Waals surface area contributed by atoms with E-state index in [1.807, 2.05) is 72.9 Å². The van der Waals surface area contributed by atoms with Crippen LogP contribution in [-0.4, -0.2) is 57.9 Å². The average Bonchev–Trinajstić information content (AvgIpc) is 3.30. The van der Waals surface area contributed by atoms with Crippen molar-refractivity contribution in [3.63, 3.8) is 0 Å². The monoisotopic (exact) mass is 591 g/mol. The molecule has 1 fully saturated rings. The van der Waals surface area contributed by atoms with Crippen LogP contribution in [0.25, 0.3) is 0 Å². The second-order valence-electron chi connectivity index (χ2n) is 11.6. The highest BCUT2D eigenvalue weighted by Crippen LogP contribution is 2.42. The number of hydrogen-bond donors (Lipinski definition) is 1. The van der Waals surface area contributed by atoms with E-state index in [2.05, 4.69) is 23.9 Å². The number of ether oxygens (including phenoxy) is 2. The van der Waals surface area contributed by atoms with E-state index >= 15 is 0 Å². The minimum absolute atomic E-state index is 0.0101. The smallest absolute Gasteiger partial charge is 0.261 e. The molecule has 3 aromatic carbocycles. The van der Waals surface area contributed by atoms with Gasteiger partial charge in [-0.2, -0.15) is 0 Å². The van der Waals surface area contributed by atoms with E-state index in [4.69, 9.17) is 9.47 Å². The molecule has 2 aliphatic rings. The topological polar surface area (TPSA) is 92.2 Å². The van der Waals surface area contributed by atoms with Gasteiger partial charge in [-0.3, -0.25) is 19.5 Å². The molecule has 0 radical (unpaired) electrons. The SMILES string of the molecule is CC1C(CN(C)CCc2ccccn2)OC(c2ccc(CN3C(=O)c4ccccc4C3=O)cc2)OC1c1ccc(CO)cc1. The summed E-state index contributed by atoms with van der Waals surface area (Å²) in [7, 11) is 2.10. The number of amides is 2. The molecule has 0 spiro atoms. The highest BCUT2D eigenvalue weighted by molar-refractivity contribution is 6.21. The minimum atomic E-state index is -0.601. The van der Waals surface area contributed by atoms with Gasteiger partial charge >= 0.3 is 0 Å². The van der Waals surface area contributed by atoms with Gasteiger partial charge in [0.05, 0.1) is 36.5 Å². The number of hydrogen-bond acceptors (Lipinski definition) is 7. The van der Waals surface area contributed by atoms with Gasteiger partial charge in [-0.15, -0.1) is 0 Å². The van der Waals surface area contributed by atoms with Crippen LogP contribution < -0.4 is 0 Å². The summed E-state index contributed by atoms with van der Waals surface area (Å²) in [6.45, 7) is 3.90. The number of aliphatic hydroxyl groups excluding tert-OH is 1. The van der Waals surface area contributed by atoms with Gasteiger partial charge in [-0.05, 0) is 48.0 Å². The lowest BCUT2D eigenvalue weighted by Gasteiger charge is -2.42. The van der Waals surface area contributed by atoms with Gasteiger partial charge in [0, 0.05) is 42.9 Å². The molecule has 226 valence electrons. The maximum atomic E-state index is 12.9. The van der Waals surface area contributed by atoms with Gasteiger partial charge in [0.2, 0.25) is 0 Å². The lowest BCUT2D eigenvalue weighted by molar-refractivity contribution is -0.275. The summed E-state index contributed by atoms with van der Waals surface area (Å²) in [5.74, 6) is -0.475. The molecule has 4 aromatic rings. The molecule has 2 aliphatic heterocycles. The molecule has 1 N–H and O–H groups in total. The number of likely N-dealkylation sites (N-methyl/N-ethyl adjacent to an activating group) is 1. The summed E-state index contributed by atoms with van der Waals surface area (Å²) in [5.41, 5.74) is 5.54. The van der Waals surface area contributed by atoms with Gasteiger partial charge in [0.15, 0.2) is 6.29 Å². The van der Waals surface area contributed by atoms with Crippen LogP contribution in [-0.2, 0) is 29.0 Å². The predicted octanol–water partition coefficient (Wildman–Crippen LogP) is 5.34. The van der Waals surface area contributed by atoms with Gasteiger partial charge < -0.3 is 19.5 Å². The summed E-state index contributed by atoms with van der Waals surface area (Å²) in [5, 5.41) is 9.54. The number of nitrogens with zero attached hydrogens (tertiary/aromatic N) is 3. The third kappa shape index (κ3) is 6.34. The summed E-state index contributed by atoms with van der Waals surface area (Å²) in [4.78, 5) is 33.7. The Morgan fingerprint density at radius 3 is 2.09 bits per heavy atom. The van der Waals surface area contributed by atoms with Gasteiger partial charge in [-0.25, -0.2) is 0 Å². The van der Waals surface area contributed by atoms with E-state index in [0.29, 0.717) is 11.1 Å². The third-order valence-electron chi connectivity index (χ3n) is 8.56. The molecule has 1 saturated heterocycles. The molecule has 1 aromatic heterocycles. The van der Waals surface area contributed by atoms with Gasteiger partial charge in [0.25, 0.3) is 11.8 Å². The van der Waals surface area contributed by atoms with Gasteiger partial charge in [-0.1, -0.05) is 73.7 Å². The molecule has 4 unspecified atom stereocenters. The standard InChI is InChI=1S/C36H37N3O5/c1-24-32(22-38(2)20-18-29-7-5-6-19-37-29)43-36(44-33(24)27-14-12-26(23-40)13-15-27)28-16-10-25(11-17-28)21-39-34(41)30-8-3-4-9-31(30)35(39)42/h3-17,19,24,32-33,36,40H,18,20-23H2,1-2H3. The van der Waals surface area contributed by atoms with Crippen LogP contribution in [0.5, 0.6) is 0 Å². The van der Waals surface area contributed by atoms with Gasteiger partial charge in [0.1, 0.15) is 0 Å². The van der Waals surface area contributed by atoms with Crippen LogP contribution in [0.3, 0.4) is 0 Å². The number of rotatable bonds is 10. The number of imide groups is 1. The van der Waals surface area contributed by atoms with Crippen LogP contribution in [0, 0.1) is 5.92 Å². The van der Waals surface area contributed by atoms with Crippen molar-refractivity contribution >= 4 is 11.8 Å². The number of pyridine rings is 1. The molecule has 8 heteroatoms. The van der Waals surface area contributed by atoms with Crippen molar-refractivity contribution in [2.45, 2.75) is 45.0 Å². The van der Waals surface area contributed by atoms with Crippen molar-refractivity contribution in [1.82, 2.24) is 14.8 Å². The van der Waals surface area contributed by atoms with Crippen molar-refractivity contribution in [2.24, 2.45) is 5.92 Å². The second-order valence-corrected chi connectivity index (χ2v) is 11.6. The van der Waals surface area contributed by atoms with Crippen molar-refractivity contribution in [2.75, 3.05) is 20.1 Å². The predicted molar refractivity (Wildman–Crippen MR) is 165 cm³/mol. The maximum absolute atomic E-state index is 12.9. The average molecular weight is 592 g/mol. The Bertz CT molecular complexity index is 1560. The molecule has 6 rings (SSSR count). The summed E-state index contributed by atoms with van der Waals surface area (Å²) < 4.78 is 13.2. The highest BCUT2D eigenvalue weighted by Gasteiger charge is 2.39. The molecular formula is C36H37N3O5. The van der Waals surface area contributed by atoms with Crippen LogP contribution in [0.15, 0.2) is 97.2 Å². The van der Waals surface area contributed by atoms with Crippen molar-refractivity contribution < 1.29 is 24.2 Å². The molecule has 0 bridgehead atoms. The maximum Gasteiger partial charge on any atom is 0.261 e. The van der Waals surface area contributed by atoms with E-state index < -0.39 is 6.29 Å². The molecule has 2 amide bonds. The third-order valence-corrected chi connectivity index (χ3v) is 8.56. The fraction of sp³-hybridized carbons (Fsp3) is 0.306. The summed E-state index contributed by atoms with van der Waals surface area (Å²) in [6, 6.07) is 28.5. The number of fused-ring (bicyclic) bond motifs is 1. The molecule has 8 nitrogen and oxygen atoms in total. The number of benzene rings is 3. The first-order valence-corrected chi connectivity index (χ1v) is 15.0. The van der Waals surface area contributed by atoms with Crippen molar-refractivity contribution in [3.05, 3.63) is 136 Å². The van der Waals surface area contributed by atoms with Crippen LogP contribution >= 0.6 is 0 Å². The Morgan fingerprint density at radius 1 is 0.818 bits per heavy atom. The van der Waals surface area contributed by atoms with Crippen LogP contribution in [0.1, 0.15) is 68.0 Å². The number of carbonyl (C=O) groups excluding carboxylic acids is 2. The number of aromatic nitrogens is 1.